The minimum absolute atomic E-state index is 0.00305. The van der Waals surface area contributed by atoms with Crippen LogP contribution in [-0.2, 0) is 9.84 Å². The van der Waals surface area contributed by atoms with Gasteiger partial charge < -0.3 is 4.90 Å². The lowest BCUT2D eigenvalue weighted by Crippen LogP contribution is -2.42. The Morgan fingerprint density at radius 3 is 2.71 bits per heavy atom. The molecule has 1 aliphatic heterocycles. The molecule has 0 aliphatic carbocycles. The number of hydrogen-bond donors (Lipinski definition) is 0. The highest BCUT2D eigenvalue weighted by molar-refractivity contribution is 7.91. The molecule has 2 rings (SSSR count). The minimum Gasteiger partial charge on any atom is -0.333 e. The first-order chi connectivity index (χ1) is 9.84. The quantitative estimate of drug-likeness (QED) is 0.782. The molecule has 0 radical (unpaired) electrons. The number of hydrogen-bond acceptors (Lipinski definition) is 4. The van der Waals surface area contributed by atoms with E-state index in [0.29, 0.717) is 13.0 Å². The van der Waals surface area contributed by atoms with E-state index in [-0.39, 0.29) is 39.3 Å². The first-order valence-electron chi connectivity index (χ1n) is 6.67. The molecule has 1 aliphatic rings. The topological polar surface area (TPSA) is 67.3 Å². The van der Waals surface area contributed by atoms with Crippen molar-refractivity contribution in [1.29, 1.82) is 0 Å². The van der Waals surface area contributed by atoms with Crippen LogP contribution in [0.2, 0.25) is 10.2 Å². The number of halogens is 2. The van der Waals surface area contributed by atoms with E-state index < -0.39 is 9.84 Å². The Bertz CT molecular complexity index is 649. The fourth-order valence-electron chi connectivity index (χ4n) is 2.42. The van der Waals surface area contributed by atoms with Gasteiger partial charge in [0.1, 0.15) is 10.8 Å². The molecule has 5 nitrogen and oxygen atoms in total. The van der Waals surface area contributed by atoms with Crippen LogP contribution in [0.25, 0.3) is 0 Å². The molecule has 1 fully saturated rings. The highest BCUT2D eigenvalue weighted by atomic mass is 35.5. The molecule has 0 aromatic carbocycles. The van der Waals surface area contributed by atoms with E-state index in [1.54, 1.807) is 4.90 Å². The smallest absolute Gasteiger partial charge is 0.274 e. The molecule has 1 aromatic rings. The van der Waals surface area contributed by atoms with Gasteiger partial charge in [0.15, 0.2) is 9.84 Å². The fraction of sp³-hybridized carbons (Fsp3) is 0.538. The van der Waals surface area contributed by atoms with Gasteiger partial charge in [-0.25, -0.2) is 13.4 Å². The van der Waals surface area contributed by atoms with E-state index in [1.807, 2.05) is 6.92 Å². The standard InChI is InChI=1S/C13H16Cl2N2O3S/c1-2-6-17(9-5-7-21(19,20)8-9)13(18)12-10(14)3-4-11(15)16-12/h3-4,9H,2,5-8H2,1H3. The summed E-state index contributed by atoms with van der Waals surface area (Å²) in [4.78, 5) is 18.2. The van der Waals surface area contributed by atoms with Gasteiger partial charge in [0, 0.05) is 12.6 Å². The Labute approximate surface area is 134 Å². The normalized spacial score (nSPS) is 20.4. The van der Waals surface area contributed by atoms with Gasteiger partial charge in [0.05, 0.1) is 16.5 Å². The largest absolute Gasteiger partial charge is 0.333 e. The van der Waals surface area contributed by atoms with Crippen molar-refractivity contribution in [2.24, 2.45) is 0 Å². The van der Waals surface area contributed by atoms with Gasteiger partial charge in [0.2, 0.25) is 0 Å². The summed E-state index contributed by atoms with van der Waals surface area (Å²) in [5.74, 6) is -0.259. The number of pyridine rings is 1. The molecule has 8 heteroatoms. The van der Waals surface area contributed by atoms with Gasteiger partial charge in [-0.3, -0.25) is 4.79 Å². The van der Waals surface area contributed by atoms with Crippen molar-refractivity contribution in [3.63, 3.8) is 0 Å². The molecule has 0 saturated carbocycles. The second-order valence-electron chi connectivity index (χ2n) is 5.02. The van der Waals surface area contributed by atoms with Crippen LogP contribution in [0.1, 0.15) is 30.3 Å². The third kappa shape index (κ3) is 3.87. The van der Waals surface area contributed by atoms with Gasteiger partial charge in [-0.2, -0.15) is 0 Å². The summed E-state index contributed by atoms with van der Waals surface area (Å²) in [5, 5.41) is 0.393. The zero-order chi connectivity index (χ0) is 15.6. The second-order valence-corrected chi connectivity index (χ2v) is 8.04. The van der Waals surface area contributed by atoms with Gasteiger partial charge >= 0.3 is 0 Å². The molecule has 0 N–H and O–H groups in total. The van der Waals surface area contributed by atoms with Crippen LogP contribution < -0.4 is 0 Å². The zero-order valence-corrected chi connectivity index (χ0v) is 13.9. The van der Waals surface area contributed by atoms with Gasteiger partial charge in [-0.05, 0) is 25.0 Å². The highest BCUT2D eigenvalue weighted by Crippen LogP contribution is 2.23. The highest BCUT2D eigenvalue weighted by Gasteiger charge is 2.35. The van der Waals surface area contributed by atoms with E-state index in [4.69, 9.17) is 23.2 Å². The molecule has 0 spiro atoms. The summed E-state index contributed by atoms with van der Waals surface area (Å²) in [7, 11) is -3.07. The maximum absolute atomic E-state index is 12.6. The Balaban J connectivity index is 2.30. The maximum atomic E-state index is 12.6. The monoisotopic (exact) mass is 350 g/mol. The lowest BCUT2D eigenvalue weighted by atomic mass is 10.2. The SMILES string of the molecule is CCCN(C(=O)c1nc(Cl)ccc1Cl)C1CCS(=O)(=O)C1. The molecule has 1 amide bonds. The lowest BCUT2D eigenvalue weighted by Gasteiger charge is -2.27. The van der Waals surface area contributed by atoms with Crippen LogP contribution in [0.15, 0.2) is 12.1 Å². The van der Waals surface area contributed by atoms with Crippen molar-refractivity contribution in [1.82, 2.24) is 9.88 Å². The molecule has 116 valence electrons. The summed E-state index contributed by atoms with van der Waals surface area (Å²) in [6.45, 7) is 2.39. The summed E-state index contributed by atoms with van der Waals surface area (Å²) in [6.07, 6.45) is 1.17. The van der Waals surface area contributed by atoms with Crippen LogP contribution in [0.4, 0.5) is 0 Å². The van der Waals surface area contributed by atoms with Crippen LogP contribution in [0.3, 0.4) is 0 Å². The Hall–Kier alpha value is -0.850. The molecule has 1 saturated heterocycles. The van der Waals surface area contributed by atoms with Crippen molar-refractivity contribution in [3.05, 3.63) is 28.0 Å². The number of aromatic nitrogens is 1. The summed E-state index contributed by atoms with van der Waals surface area (Å²) in [6, 6.07) is 2.70. The van der Waals surface area contributed by atoms with E-state index >= 15 is 0 Å². The van der Waals surface area contributed by atoms with Gasteiger partial charge in [-0.15, -0.1) is 0 Å². The number of carbonyl (C=O) groups is 1. The Kier molecular flexibility index (Phi) is 5.11. The molecular formula is C13H16Cl2N2O3S. The Morgan fingerprint density at radius 1 is 1.43 bits per heavy atom. The van der Waals surface area contributed by atoms with Crippen molar-refractivity contribution < 1.29 is 13.2 Å². The minimum atomic E-state index is -3.07. The average molecular weight is 351 g/mol. The number of amides is 1. The Morgan fingerprint density at radius 2 is 2.14 bits per heavy atom. The van der Waals surface area contributed by atoms with E-state index in [0.717, 1.165) is 6.42 Å². The third-order valence-electron chi connectivity index (χ3n) is 3.39. The molecule has 1 unspecified atom stereocenters. The van der Waals surface area contributed by atoms with E-state index in [1.165, 1.54) is 12.1 Å². The summed E-state index contributed by atoms with van der Waals surface area (Å²) in [5.41, 5.74) is 0.0712. The van der Waals surface area contributed by atoms with Crippen LogP contribution >= 0.6 is 23.2 Å². The van der Waals surface area contributed by atoms with Crippen molar-refractivity contribution in [3.8, 4) is 0 Å². The molecule has 21 heavy (non-hydrogen) atoms. The zero-order valence-electron chi connectivity index (χ0n) is 11.6. The number of rotatable bonds is 4. The number of carbonyl (C=O) groups excluding carboxylic acids is 1. The molecular weight excluding hydrogens is 335 g/mol. The van der Waals surface area contributed by atoms with Gasteiger partial charge in [0.25, 0.3) is 5.91 Å². The molecule has 1 atom stereocenters. The first kappa shape index (κ1) is 16.5. The summed E-state index contributed by atoms with van der Waals surface area (Å²) >= 11 is 11.8. The van der Waals surface area contributed by atoms with Crippen molar-refractivity contribution >= 4 is 38.9 Å². The van der Waals surface area contributed by atoms with Crippen molar-refractivity contribution in [2.45, 2.75) is 25.8 Å². The van der Waals surface area contributed by atoms with E-state index in [9.17, 15) is 13.2 Å². The van der Waals surface area contributed by atoms with E-state index in [2.05, 4.69) is 4.98 Å². The molecule has 2 heterocycles. The maximum Gasteiger partial charge on any atom is 0.274 e. The second kappa shape index (κ2) is 6.50. The first-order valence-corrected chi connectivity index (χ1v) is 9.25. The molecule has 1 aromatic heterocycles. The van der Waals surface area contributed by atoms with Crippen molar-refractivity contribution in [2.75, 3.05) is 18.1 Å². The number of nitrogens with zero attached hydrogens (tertiary/aromatic N) is 2. The predicted molar refractivity (Wildman–Crippen MR) is 82.6 cm³/mol. The van der Waals surface area contributed by atoms with Crippen LogP contribution in [-0.4, -0.2) is 48.3 Å². The lowest BCUT2D eigenvalue weighted by molar-refractivity contribution is 0.0691. The fourth-order valence-corrected chi connectivity index (χ4v) is 4.48. The van der Waals surface area contributed by atoms with Crippen LogP contribution in [0.5, 0.6) is 0 Å². The molecule has 0 bridgehead atoms. The number of sulfone groups is 1. The summed E-state index contributed by atoms with van der Waals surface area (Å²) < 4.78 is 23.3. The average Bonchev–Trinajstić information content (AvgIpc) is 2.78. The third-order valence-corrected chi connectivity index (χ3v) is 5.65. The van der Waals surface area contributed by atoms with Gasteiger partial charge in [-0.1, -0.05) is 30.1 Å². The predicted octanol–water partition coefficient (Wildman–Crippen LogP) is 2.43. The van der Waals surface area contributed by atoms with Crippen LogP contribution in [0, 0.1) is 0 Å².